The van der Waals surface area contributed by atoms with Crippen LogP contribution in [-0.4, -0.2) is 48.2 Å². The van der Waals surface area contributed by atoms with Crippen LogP contribution in [0.2, 0.25) is 0 Å². The Morgan fingerprint density at radius 2 is 1.80 bits per heavy atom. The summed E-state index contributed by atoms with van der Waals surface area (Å²) in [7, 11) is -0.618. The van der Waals surface area contributed by atoms with Crippen LogP contribution in [0.5, 0.6) is 0 Å². The van der Waals surface area contributed by atoms with Crippen LogP contribution in [0.15, 0.2) is 30.3 Å². The number of thioether (sulfide) groups is 1. The zero-order valence-corrected chi connectivity index (χ0v) is 12.9. The number of nitrogens with one attached hydrogen (secondary N) is 1. The summed E-state index contributed by atoms with van der Waals surface area (Å²) in [5.41, 5.74) is 6.65. The molecule has 0 heterocycles. The average Bonchev–Trinajstić information content (AvgIpc) is 2.26. The second kappa shape index (κ2) is 8.93. The maximum absolute atomic E-state index is 8.74. The molecule has 0 aliphatic carbocycles. The Hall–Kier alpha value is -1.13. The molecule has 0 saturated carbocycles. The highest BCUT2D eigenvalue weighted by molar-refractivity contribution is 8.13. The summed E-state index contributed by atoms with van der Waals surface area (Å²) in [6.45, 7) is 0.883. The van der Waals surface area contributed by atoms with Gasteiger partial charge in [0.05, 0.1) is 5.25 Å². The molecule has 0 bridgehead atoms. The molecule has 0 amide bonds. The van der Waals surface area contributed by atoms with Crippen molar-refractivity contribution in [2.24, 2.45) is 5.73 Å². The van der Waals surface area contributed by atoms with E-state index in [4.69, 9.17) is 28.7 Å². The summed E-state index contributed by atoms with van der Waals surface area (Å²) >= 11 is 1.40. The van der Waals surface area contributed by atoms with E-state index in [1.807, 2.05) is 32.3 Å². The smallest absolute Gasteiger partial charge is 0.379 e. The van der Waals surface area contributed by atoms with E-state index >= 15 is 0 Å². The minimum atomic E-state index is -4.67. The lowest BCUT2D eigenvalue weighted by Gasteiger charge is -2.20. The molecule has 1 aromatic carbocycles. The molecule has 114 valence electrons. The first-order valence-corrected chi connectivity index (χ1v) is 7.77. The van der Waals surface area contributed by atoms with Gasteiger partial charge in [-0.3, -0.25) is 14.5 Å². The predicted molar refractivity (Wildman–Crippen MR) is 81.4 cm³/mol. The van der Waals surface area contributed by atoms with Crippen molar-refractivity contribution in [2.75, 3.05) is 20.6 Å². The third-order valence-electron chi connectivity index (χ3n) is 1.97. The van der Waals surface area contributed by atoms with Crippen molar-refractivity contribution in [3.05, 3.63) is 35.9 Å². The Bertz CT molecular complexity index is 498. The van der Waals surface area contributed by atoms with Crippen LogP contribution in [0.3, 0.4) is 0 Å². The Morgan fingerprint density at radius 3 is 2.15 bits per heavy atom. The first kappa shape index (κ1) is 18.9. The first-order chi connectivity index (χ1) is 9.09. The predicted octanol–water partition coefficient (Wildman–Crippen LogP) is 1.26. The molecule has 1 unspecified atom stereocenters. The molecule has 0 radical (unpaired) electrons. The van der Waals surface area contributed by atoms with Crippen molar-refractivity contribution in [1.82, 2.24) is 4.90 Å². The van der Waals surface area contributed by atoms with Gasteiger partial charge >= 0.3 is 10.4 Å². The standard InChI is InChI=1S/C11H17N3S.H2O4S/c1-14(2)8-10(15-11(12)13)9-6-4-3-5-7-9;1-5(2,3)4/h3-7,10H,8H2,1-2H3,(H3,12,13);(H2,1,2,3,4). The van der Waals surface area contributed by atoms with Gasteiger partial charge in [-0.1, -0.05) is 42.1 Å². The van der Waals surface area contributed by atoms with Gasteiger partial charge in [0.1, 0.15) is 0 Å². The fourth-order valence-electron chi connectivity index (χ4n) is 1.36. The van der Waals surface area contributed by atoms with E-state index in [1.165, 1.54) is 17.3 Å². The minimum absolute atomic E-state index is 0.172. The van der Waals surface area contributed by atoms with Gasteiger partial charge in [0.25, 0.3) is 0 Å². The largest absolute Gasteiger partial charge is 0.394 e. The molecule has 1 aromatic rings. The quantitative estimate of drug-likeness (QED) is 0.373. The summed E-state index contributed by atoms with van der Waals surface area (Å²) in [6.07, 6.45) is 0. The normalized spacial score (nSPS) is 12.4. The zero-order chi connectivity index (χ0) is 15.8. The number of likely N-dealkylation sites (N-methyl/N-ethyl adjacent to an activating group) is 1. The van der Waals surface area contributed by atoms with E-state index in [1.54, 1.807) is 0 Å². The van der Waals surface area contributed by atoms with Gasteiger partial charge in [-0.05, 0) is 19.7 Å². The number of benzene rings is 1. The number of hydrogen-bond donors (Lipinski definition) is 4. The minimum Gasteiger partial charge on any atom is -0.379 e. The molecular formula is C11H19N3O4S2. The highest BCUT2D eigenvalue weighted by Crippen LogP contribution is 2.28. The van der Waals surface area contributed by atoms with Gasteiger partial charge < -0.3 is 10.6 Å². The molecule has 0 fully saturated rings. The van der Waals surface area contributed by atoms with Crippen molar-refractivity contribution in [3.63, 3.8) is 0 Å². The summed E-state index contributed by atoms with van der Waals surface area (Å²) < 4.78 is 31.6. The molecule has 1 atom stereocenters. The average molecular weight is 321 g/mol. The van der Waals surface area contributed by atoms with Gasteiger partial charge in [0.15, 0.2) is 5.17 Å². The molecular weight excluding hydrogens is 302 g/mol. The van der Waals surface area contributed by atoms with Crippen LogP contribution >= 0.6 is 11.8 Å². The SMILES string of the molecule is CN(C)CC(SC(=N)N)c1ccccc1.O=S(=O)(O)O. The van der Waals surface area contributed by atoms with E-state index in [0.29, 0.717) is 0 Å². The molecule has 9 heteroatoms. The number of amidine groups is 1. The van der Waals surface area contributed by atoms with Crippen LogP contribution in [0.1, 0.15) is 10.8 Å². The van der Waals surface area contributed by atoms with Crippen LogP contribution in [0.25, 0.3) is 0 Å². The number of rotatable bonds is 4. The maximum atomic E-state index is 8.74. The molecule has 7 nitrogen and oxygen atoms in total. The van der Waals surface area contributed by atoms with Crippen molar-refractivity contribution < 1.29 is 17.5 Å². The van der Waals surface area contributed by atoms with E-state index < -0.39 is 10.4 Å². The lowest BCUT2D eigenvalue weighted by atomic mass is 10.1. The van der Waals surface area contributed by atoms with Gasteiger partial charge in [-0.2, -0.15) is 8.42 Å². The van der Waals surface area contributed by atoms with Crippen molar-refractivity contribution >= 4 is 27.3 Å². The van der Waals surface area contributed by atoms with E-state index in [2.05, 4.69) is 17.0 Å². The Balaban J connectivity index is 0.000000621. The summed E-state index contributed by atoms with van der Waals surface area (Å²) in [6, 6.07) is 10.2. The maximum Gasteiger partial charge on any atom is 0.394 e. The number of hydrogen-bond acceptors (Lipinski definition) is 5. The van der Waals surface area contributed by atoms with E-state index in [9.17, 15) is 0 Å². The second-order valence-corrected chi connectivity index (χ2v) is 6.23. The molecule has 20 heavy (non-hydrogen) atoms. The van der Waals surface area contributed by atoms with Crippen LogP contribution in [0.4, 0.5) is 0 Å². The summed E-state index contributed by atoms with van der Waals surface area (Å²) in [5, 5.41) is 7.75. The van der Waals surface area contributed by atoms with Gasteiger partial charge in [-0.15, -0.1) is 0 Å². The van der Waals surface area contributed by atoms with Crippen LogP contribution in [0, 0.1) is 5.41 Å². The topological polar surface area (TPSA) is 128 Å². The van der Waals surface area contributed by atoms with Crippen LogP contribution in [-0.2, 0) is 10.4 Å². The fourth-order valence-corrected chi connectivity index (χ4v) is 2.34. The molecule has 0 spiro atoms. The summed E-state index contributed by atoms with van der Waals surface area (Å²) in [5.74, 6) is 0. The number of nitrogens with two attached hydrogens (primary N) is 1. The van der Waals surface area contributed by atoms with Crippen molar-refractivity contribution in [1.29, 1.82) is 5.41 Å². The fraction of sp³-hybridized carbons (Fsp3) is 0.364. The van der Waals surface area contributed by atoms with Crippen molar-refractivity contribution in [2.45, 2.75) is 5.25 Å². The lowest BCUT2D eigenvalue weighted by Crippen LogP contribution is -2.20. The Kier molecular flexibility index (Phi) is 8.42. The van der Waals surface area contributed by atoms with Gasteiger partial charge in [-0.25, -0.2) is 0 Å². The first-order valence-electron chi connectivity index (χ1n) is 5.50. The molecule has 5 N–H and O–H groups in total. The second-order valence-electron chi connectivity index (χ2n) is 4.09. The van der Waals surface area contributed by atoms with E-state index in [-0.39, 0.29) is 10.4 Å². The zero-order valence-electron chi connectivity index (χ0n) is 11.2. The Morgan fingerprint density at radius 1 is 1.35 bits per heavy atom. The van der Waals surface area contributed by atoms with Gasteiger partial charge in [0, 0.05) is 6.54 Å². The van der Waals surface area contributed by atoms with Crippen molar-refractivity contribution in [3.8, 4) is 0 Å². The highest BCUT2D eigenvalue weighted by atomic mass is 32.3. The molecule has 0 saturated heterocycles. The highest BCUT2D eigenvalue weighted by Gasteiger charge is 2.14. The summed E-state index contributed by atoms with van der Waals surface area (Å²) in [4.78, 5) is 2.10. The molecule has 1 rings (SSSR count). The number of nitrogens with zero attached hydrogens (tertiary/aromatic N) is 1. The molecule has 0 aliphatic rings. The third-order valence-corrected chi connectivity index (χ3v) is 2.93. The monoisotopic (exact) mass is 321 g/mol. The Labute approximate surface area is 123 Å². The third kappa shape index (κ3) is 11.9. The molecule has 0 aromatic heterocycles. The molecule has 0 aliphatic heterocycles. The van der Waals surface area contributed by atoms with E-state index in [0.717, 1.165) is 6.54 Å². The van der Waals surface area contributed by atoms with Crippen LogP contribution < -0.4 is 5.73 Å². The van der Waals surface area contributed by atoms with Gasteiger partial charge in [0.2, 0.25) is 0 Å². The lowest BCUT2D eigenvalue weighted by molar-refractivity contribution is 0.381.